The number of aromatic nitrogens is 1. The van der Waals surface area contributed by atoms with Gasteiger partial charge in [0.2, 0.25) is 0 Å². The summed E-state index contributed by atoms with van der Waals surface area (Å²) >= 11 is 0. The highest BCUT2D eigenvalue weighted by molar-refractivity contribution is 5.97. The fraction of sp³-hybridized carbons (Fsp3) is 0.0909. The molecule has 1 aliphatic rings. The number of H-pyrrole nitrogens is 1. The average molecular weight is 230 g/mol. The molecule has 1 aliphatic heterocycles. The number of hydrogen-bond acceptors (Lipinski definition) is 2. The van der Waals surface area contributed by atoms with Crippen molar-refractivity contribution in [3.8, 4) is 0 Å². The van der Waals surface area contributed by atoms with Crippen LogP contribution in [0.1, 0.15) is 11.7 Å². The second kappa shape index (κ2) is 3.51. The first kappa shape index (κ1) is 9.71. The maximum Gasteiger partial charge on any atom is 0.324 e. The minimum Gasteiger partial charge on any atom is -0.361 e. The molecule has 0 unspecified atom stereocenters. The number of amides is 4. The smallest absolute Gasteiger partial charge is 0.324 e. The second-order valence-electron chi connectivity index (χ2n) is 3.79. The summed E-state index contributed by atoms with van der Waals surface area (Å²) in [5.41, 5.74) is 1.80. The van der Waals surface area contributed by atoms with E-state index in [9.17, 15) is 9.59 Å². The Kier molecular flexibility index (Phi) is 2.01. The molecule has 0 spiro atoms. The summed E-state index contributed by atoms with van der Waals surface area (Å²) in [7, 11) is 0. The van der Waals surface area contributed by atoms with E-state index in [1.165, 1.54) is 0 Å². The molecule has 3 rings (SSSR count). The third kappa shape index (κ3) is 1.59. The van der Waals surface area contributed by atoms with E-state index in [4.69, 9.17) is 0 Å². The van der Waals surface area contributed by atoms with Crippen molar-refractivity contribution in [1.82, 2.24) is 20.9 Å². The fourth-order valence-corrected chi connectivity index (χ4v) is 1.96. The number of hydrogen-bond donors (Lipinski definition) is 4. The number of carbonyl (C=O) groups excluding carboxylic acids is 2. The van der Waals surface area contributed by atoms with Gasteiger partial charge in [0.1, 0.15) is 6.17 Å². The lowest BCUT2D eigenvalue weighted by molar-refractivity contribution is 0.209. The van der Waals surface area contributed by atoms with Gasteiger partial charge in [-0.25, -0.2) is 9.59 Å². The summed E-state index contributed by atoms with van der Waals surface area (Å²) < 4.78 is 0. The van der Waals surface area contributed by atoms with Gasteiger partial charge < -0.3 is 15.6 Å². The van der Waals surface area contributed by atoms with Crippen molar-refractivity contribution in [2.45, 2.75) is 6.17 Å². The van der Waals surface area contributed by atoms with Gasteiger partial charge in [-0.3, -0.25) is 5.32 Å². The van der Waals surface area contributed by atoms with Gasteiger partial charge in [0.15, 0.2) is 0 Å². The first-order chi connectivity index (χ1) is 8.24. The molecule has 0 radical (unpaired) electrons. The number of nitrogens with one attached hydrogen (secondary N) is 4. The molecule has 2 heterocycles. The lowest BCUT2D eigenvalue weighted by Gasteiger charge is -2.24. The molecular formula is C11H10N4O2. The third-order valence-corrected chi connectivity index (χ3v) is 2.71. The number of rotatable bonds is 1. The number of urea groups is 2. The molecule has 4 N–H and O–H groups in total. The highest BCUT2D eigenvalue weighted by Gasteiger charge is 2.25. The van der Waals surface area contributed by atoms with E-state index in [1.807, 2.05) is 24.3 Å². The van der Waals surface area contributed by atoms with Gasteiger partial charge in [-0.2, -0.15) is 0 Å². The summed E-state index contributed by atoms with van der Waals surface area (Å²) in [5.74, 6) is 0. The van der Waals surface area contributed by atoms with E-state index in [-0.39, 0.29) is 0 Å². The minimum atomic E-state index is -0.507. The summed E-state index contributed by atoms with van der Waals surface area (Å²) in [4.78, 5) is 25.5. The van der Waals surface area contributed by atoms with Gasteiger partial charge in [0.05, 0.1) is 0 Å². The Balaban J connectivity index is 2.03. The zero-order valence-electron chi connectivity index (χ0n) is 8.78. The first-order valence-corrected chi connectivity index (χ1v) is 5.18. The molecule has 17 heavy (non-hydrogen) atoms. The standard InChI is InChI=1S/C11H10N4O2/c16-10-13-9(14-11(17)15-10)7-5-12-8-4-2-1-3-6(7)8/h1-5,9,12H,(H3,13,14,15,16,17). The van der Waals surface area contributed by atoms with Gasteiger partial charge in [-0.15, -0.1) is 0 Å². The Morgan fingerprint density at radius 3 is 2.47 bits per heavy atom. The number of aromatic amines is 1. The van der Waals surface area contributed by atoms with E-state index in [0.717, 1.165) is 16.5 Å². The van der Waals surface area contributed by atoms with Crippen LogP contribution in [0.2, 0.25) is 0 Å². The number of imide groups is 1. The van der Waals surface area contributed by atoms with Crippen LogP contribution in [-0.2, 0) is 0 Å². The van der Waals surface area contributed by atoms with Crippen LogP contribution in [-0.4, -0.2) is 17.0 Å². The minimum absolute atomic E-state index is 0.496. The Morgan fingerprint density at radius 1 is 1.00 bits per heavy atom. The molecule has 0 saturated carbocycles. The molecule has 86 valence electrons. The first-order valence-electron chi connectivity index (χ1n) is 5.18. The van der Waals surface area contributed by atoms with Gasteiger partial charge in [-0.05, 0) is 6.07 Å². The van der Waals surface area contributed by atoms with E-state index in [1.54, 1.807) is 6.20 Å². The monoisotopic (exact) mass is 230 g/mol. The van der Waals surface area contributed by atoms with Gasteiger partial charge in [0.25, 0.3) is 0 Å². The number of carbonyl (C=O) groups is 2. The fourth-order valence-electron chi connectivity index (χ4n) is 1.96. The average Bonchev–Trinajstić information content (AvgIpc) is 2.71. The van der Waals surface area contributed by atoms with Gasteiger partial charge in [-0.1, -0.05) is 18.2 Å². The van der Waals surface area contributed by atoms with Crippen molar-refractivity contribution in [1.29, 1.82) is 0 Å². The highest BCUT2D eigenvalue weighted by Crippen LogP contribution is 2.23. The molecule has 0 bridgehead atoms. The lowest BCUT2D eigenvalue weighted by atomic mass is 10.1. The zero-order valence-corrected chi connectivity index (χ0v) is 8.78. The summed E-state index contributed by atoms with van der Waals surface area (Å²) in [6, 6.07) is 6.70. The third-order valence-electron chi connectivity index (χ3n) is 2.71. The Labute approximate surface area is 96.4 Å². The molecule has 1 saturated heterocycles. The zero-order chi connectivity index (χ0) is 11.8. The molecule has 6 nitrogen and oxygen atoms in total. The van der Waals surface area contributed by atoms with Crippen LogP contribution in [0.3, 0.4) is 0 Å². The number of benzene rings is 1. The largest absolute Gasteiger partial charge is 0.361 e. The van der Waals surface area contributed by atoms with Crippen molar-refractivity contribution < 1.29 is 9.59 Å². The molecule has 6 heteroatoms. The second-order valence-corrected chi connectivity index (χ2v) is 3.79. The molecule has 2 aromatic rings. The SMILES string of the molecule is O=C1NC(=O)NC(c2c[nH]c3ccccc23)N1. The van der Waals surface area contributed by atoms with Crippen molar-refractivity contribution in [3.05, 3.63) is 36.0 Å². The molecule has 0 atom stereocenters. The highest BCUT2D eigenvalue weighted by atomic mass is 16.2. The lowest BCUT2D eigenvalue weighted by Crippen LogP contribution is -2.56. The maximum absolute atomic E-state index is 11.2. The van der Waals surface area contributed by atoms with Gasteiger partial charge in [0, 0.05) is 22.7 Å². The van der Waals surface area contributed by atoms with Crippen molar-refractivity contribution in [3.63, 3.8) is 0 Å². The van der Waals surface area contributed by atoms with E-state index in [0.29, 0.717) is 0 Å². The van der Waals surface area contributed by atoms with Crippen molar-refractivity contribution >= 4 is 23.0 Å². The van der Waals surface area contributed by atoms with Gasteiger partial charge >= 0.3 is 12.1 Å². The quantitative estimate of drug-likeness (QED) is 0.593. The molecular weight excluding hydrogens is 220 g/mol. The Morgan fingerprint density at radius 2 is 1.71 bits per heavy atom. The number of fused-ring (bicyclic) bond motifs is 1. The van der Waals surface area contributed by atoms with Crippen LogP contribution in [0.15, 0.2) is 30.5 Å². The maximum atomic E-state index is 11.2. The van der Waals surface area contributed by atoms with E-state index in [2.05, 4.69) is 20.9 Å². The summed E-state index contributed by atoms with van der Waals surface area (Å²) in [6.07, 6.45) is 1.27. The Hall–Kier alpha value is -2.50. The van der Waals surface area contributed by atoms with Crippen LogP contribution < -0.4 is 16.0 Å². The van der Waals surface area contributed by atoms with Crippen LogP contribution in [0.5, 0.6) is 0 Å². The molecule has 1 fully saturated rings. The number of para-hydroxylation sites is 1. The van der Waals surface area contributed by atoms with Crippen LogP contribution in [0.4, 0.5) is 9.59 Å². The molecule has 1 aromatic carbocycles. The molecule has 0 aliphatic carbocycles. The molecule has 1 aromatic heterocycles. The predicted octanol–water partition coefficient (Wildman–Crippen LogP) is 1.19. The van der Waals surface area contributed by atoms with Crippen molar-refractivity contribution in [2.75, 3.05) is 0 Å². The van der Waals surface area contributed by atoms with E-state index < -0.39 is 18.2 Å². The Bertz CT molecular complexity index is 588. The van der Waals surface area contributed by atoms with Crippen LogP contribution in [0, 0.1) is 0 Å². The summed E-state index contributed by atoms with van der Waals surface area (Å²) in [6.45, 7) is 0. The topological polar surface area (TPSA) is 86.0 Å². The predicted molar refractivity (Wildman–Crippen MR) is 61.2 cm³/mol. The summed E-state index contributed by atoms with van der Waals surface area (Å²) in [5, 5.41) is 8.36. The van der Waals surface area contributed by atoms with Crippen LogP contribution >= 0.6 is 0 Å². The van der Waals surface area contributed by atoms with Crippen LogP contribution in [0.25, 0.3) is 10.9 Å². The normalized spacial score (nSPS) is 16.5. The molecule has 4 amide bonds. The van der Waals surface area contributed by atoms with Crippen molar-refractivity contribution in [2.24, 2.45) is 0 Å². The van der Waals surface area contributed by atoms with E-state index >= 15 is 0 Å².